The van der Waals surface area contributed by atoms with Crippen molar-refractivity contribution < 1.29 is 19.2 Å². The van der Waals surface area contributed by atoms with Crippen molar-refractivity contribution in [1.82, 2.24) is 9.80 Å². The highest BCUT2D eigenvalue weighted by molar-refractivity contribution is 7.14. The Hall–Kier alpha value is -2.80. The number of ketones is 1. The Kier molecular flexibility index (Phi) is 4.76. The molecule has 1 aromatic carbocycles. The summed E-state index contributed by atoms with van der Waals surface area (Å²) in [6, 6.07) is 11.7. The molecule has 0 radical (unpaired) electrons. The fraction of sp³-hybridized carbons (Fsp3) is 0.222. The summed E-state index contributed by atoms with van der Waals surface area (Å²) >= 11 is 1.33. The van der Waals surface area contributed by atoms with Gasteiger partial charge < -0.3 is 0 Å². The molecule has 2 heterocycles. The number of nitrogens with zero attached hydrogens (tertiary/aromatic N) is 2. The van der Waals surface area contributed by atoms with Gasteiger partial charge >= 0.3 is 17.8 Å². The van der Waals surface area contributed by atoms with Crippen LogP contribution in [0.5, 0.6) is 0 Å². The molecule has 0 N–H and O–H groups in total. The van der Waals surface area contributed by atoms with E-state index in [1.54, 1.807) is 30.3 Å². The van der Waals surface area contributed by atoms with Gasteiger partial charge in [0.2, 0.25) is 0 Å². The van der Waals surface area contributed by atoms with Crippen molar-refractivity contribution in [3.63, 3.8) is 0 Å². The van der Waals surface area contributed by atoms with Gasteiger partial charge in [-0.25, -0.2) is 9.69 Å². The van der Waals surface area contributed by atoms with E-state index in [1.165, 1.54) is 11.3 Å². The molecule has 2 aromatic rings. The molecule has 128 valence electrons. The van der Waals surface area contributed by atoms with Gasteiger partial charge in [0.1, 0.15) is 0 Å². The Morgan fingerprint density at radius 2 is 1.64 bits per heavy atom. The smallest absolute Gasteiger partial charge is 0.291 e. The molecule has 0 atom stereocenters. The van der Waals surface area contributed by atoms with Crippen LogP contribution in [0, 0.1) is 0 Å². The highest BCUT2D eigenvalue weighted by atomic mass is 32.1. The fourth-order valence-corrected chi connectivity index (χ4v) is 3.41. The second-order valence-corrected chi connectivity index (χ2v) is 6.76. The maximum absolute atomic E-state index is 12.4. The van der Waals surface area contributed by atoms with E-state index in [-0.39, 0.29) is 12.3 Å². The summed E-state index contributed by atoms with van der Waals surface area (Å²) in [6.07, 6.45) is 0.808. The van der Waals surface area contributed by atoms with Gasteiger partial charge in [0, 0.05) is 4.88 Å². The molecule has 6 nitrogen and oxygen atoms in total. The van der Waals surface area contributed by atoms with Crippen molar-refractivity contribution in [3.8, 4) is 0 Å². The molecule has 1 aliphatic rings. The molecule has 0 aliphatic carbocycles. The van der Waals surface area contributed by atoms with Crippen LogP contribution in [0.1, 0.15) is 27.0 Å². The summed E-state index contributed by atoms with van der Waals surface area (Å²) in [5, 5.41) is 0. The second-order valence-electron chi connectivity index (χ2n) is 5.59. The van der Waals surface area contributed by atoms with Crippen LogP contribution in [-0.4, -0.2) is 40.0 Å². The van der Waals surface area contributed by atoms with E-state index in [2.05, 4.69) is 0 Å². The molecule has 7 heteroatoms. The van der Waals surface area contributed by atoms with Crippen molar-refractivity contribution >= 4 is 35.0 Å². The molecule has 1 fully saturated rings. The zero-order valence-corrected chi connectivity index (χ0v) is 14.4. The number of carbonyl (C=O) groups excluding carboxylic acids is 4. The third-order valence-corrected chi connectivity index (χ3v) is 5.18. The average molecular weight is 356 g/mol. The van der Waals surface area contributed by atoms with Crippen molar-refractivity contribution in [2.75, 3.05) is 6.54 Å². The first-order valence-electron chi connectivity index (χ1n) is 7.84. The van der Waals surface area contributed by atoms with Gasteiger partial charge in [-0.3, -0.25) is 19.3 Å². The van der Waals surface area contributed by atoms with E-state index in [0.29, 0.717) is 4.88 Å². The van der Waals surface area contributed by atoms with Crippen molar-refractivity contribution in [2.24, 2.45) is 0 Å². The molecule has 1 aliphatic heterocycles. The molecule has 1 saturated heterocycles. The van der Waals surface area contributed by atoms with Crippen LogP contribution < -0.4 is 0 Å². The van der Waals surface area contributed by atoms with Gasteiger partial charge in [-0.1, -0.05) is 37.3 Å². The second kappa shape index (κ2) is 6.98. The summed E-state index contributed by atoms with van der Waals surface area (Å²) < 4.78 is 0. The van der Waals surface area contributed by atoms with Gasteiger partial charge in [0.05, 0.1) is 18.0 Å². The first-order valence-corrected chi connectivity index (χ1v) is 8.66. The fourth-order valence-electron chi connectivity index (χ4n) is 2.53. The van der Waals surface area contributed by atoms with E-state index >= 15 is 0 Å². The Morgan fingerprint density at radius 3 is 2.28 bits per heavy atom. The number of carbonyl (C=O) groups is 4. The molecule has 25 heavy (non-hydrogen) atoms. The zero-order valence-electron chi connectivity index (χ0n) is 13.6. The van der Waals surface area contributed by atoms with Crippen LogP contribution >= 0.6 is 11.3 Å². The van der Waals surface area contributed by atoms with E-state index in [1.807, 2.05) is 19.1 Å². The van der Waals surface area contributed by atoms with Gasteiger partial charge in [-0.05, 0) is 24.1 Å². The van der Waals surface area contributed by atoms with E-state index < -0.39 is 24.4 Å². The number of aryl methyl sites for hydroxylation is 1. The number of benzene rings is 1. The highest BCUT2D eigenvalue weighted by Gasteiger charge is 2.45. The Bertz CT molecular complexity index is 844. The summed E-state index contributed by atoms with van der Waals surface area (Å²) in [6.45, 7) is 1.57. The van der Waals surface area contributed by atoms with Crippen LogP contribution in [0.25, 0.3) is 0 Å². The molecule has 0 bridgehead atoms. The third kappa shape index (κ3) is 3.36. The highest BCUT2D eigenvalue weighted by Crippen LogP contribution is 2.20. The molecular weight excluding hydrogens is 340 g/mol. The monoisotopic (exact) mass is 356 g/mol. The van der Waals surface area contributed by atoms with E-state index in [0.717, 1.165) is 26.7 Å². The Morgan fingerprint density at radius 1 is 0.960 bits per heavy atom. The van der Waals surface area contributed by atoms with Crippen LogP contribution in [0.3, 0.4) is 0 Å². The lowest BCUT2D eigenvalue weighted by Gasteiger charge is -2.14. The lowest BCUT2D eigenvalue weighted by molar-refractivity contribution is -0.143. The minimum Gasteiger partial charge on any atom is -0.291 e. The SMILES string of the molecule is CCc1ccc(C(=O)CN2C(=O)C(=O)N(Cc3ccccc3)C2=O)s1. The normalized spacial score (nSPS) is 14.5. The predicted molar refractivity (Wildman–Crippen MR) is 92.1 cm³/mol. The molecule has 0 spiro atoms. The Balaban J connectivity index is 1.74. The van der Waals surface area contributed by atoms with Gasteiger partial charge in [-0.15, -0.1) is 11.3 Å². The standard InChI is InChI=1S/C18H16N2O4S/c1-2-13-8-9-15(25-13)14(21)11-20-17(23)16(22)19(18(20)24)10-12-6-4-3-5-7-12/h3-9H,2,10-11H2,1H3. The van der Waals surface area contributed by atoms with Crippen LogP contribution in [-0.2, 0) is 22.6 Å². The van der Waals surface area contributed by atoms with Crippen LogP contribution in [0.4, 0.5) is 4.79 Å². The summed E-state index contributed by atoms with van der Waals surface area (Å²) in [5.74, 6) is -2.20. The third-order valence-electron chi connectivity index (χ3n) is 3.91. The minimum absolute atomic E-state index is 0.00786. The zero-order chi connectivity index (χ0) is 18.0. The lowest BCUT2D eigenvalue weighted by atomic mass is 10.2. The lowest BCUT2D eigenvalue weighted by Crippen LogP contribution is -2.36. The van der Waals surface area contributed by atoms with Crippen molar-refractivity contribution in [2.45, 2.75) is 19.9 Å². The summed E-state index contributed by atoms with van der Waals surface area (Å²) in [5.41, 5.74) is 0.732. The molecular formula is C18H16N2O4S. The van der Waals surface area contributed by atoms with Gasteiger partial charge in [0.25, 0.3) is 0 Å². The van der Waals surface area contributed by atoms with Gasteiger partial charge in [-0.2, -0.15) is 0 Å². The average Bonchev–Trinajstić information content (AvgIpc) is 3.18. The first-order chi connectivity index (χ1) is 12.0. The van der Waals surface area contributed by atoms with Gasteiger partial charge in [0.15, 0.2) is 5.78 Å². The molecule has 0 unspecified atom stereocenters. The van der Waals surface area contributed by atoms with Crippen LogP contribution in [0.15, 0.2) is 42.5 Å². The van der Waals surface area contributed by atoms with E-state index in [4.69, 9.17) is 0 Å². The maximum atomic E-state index is 12.4. The molecule has 0 saturated carbocycles. The number of hydrogen-bond donors (Lipinski definition) is 0. The van der Waals surface area contributed by atoms with Crippen molar-refractivity contribution in [1.29, 1.82) is 0 Å². The molecule has 3 rings (SSSR count). The number of Topliss-reactive ketones (excluding diaryl/α,β-unsaturated/α-hetero) is 1. The molecule has 1 aromatic heterocycles. The minimum atomic E-state index is -0.957. The number of amides is 4. The number of imide groups is 2. The number of urea groups is 1. The summed E-state index contributed by atoms with van der Waals surface area (Å²) in [4.78, 5) is 52.1. The topological polar surface area (TPSA) is 74.8 Å². The van der Waals surface area contributed by atoms with Crippen molar-refractivity contribution in [3.05, 3.63) is 57.8 Å². The number of rotatable bonds is 6. The number of thiophene rings is 1. The summed E-state index contributed by atoms with van der Waals surface area (Å²) in [7, 11) is 0. The van der Waals surface area contributed by atoms with E-state index in [9.17, 15) is 19.2 Å². The quantitative estimate of drug-likeness (QED) is 0.453. The Labute approximate surface area is 148 Å². The largest absolute Gasteiger partial charge is 0.334 e. The maximum Gasteiger partial charge on any atom is 0.334 e. The first kappa shape index (κ1) is 17.0. The van der Waals surface area contributed by atoms with Crippen LogP contribution in [0.2, 0.25) is 0 Å². The predicted octanol–water partition coefficient (Wildman–Crippen LogP) is 2.48. The number of hydrogen-bond acceptors (Lipinski definition) is 5. The molecule has 4 amide bonds.